The summed E-state index contributed by atoms with van der Waals surface area (Å²) in [4.78, 5) is 0. The van der Waals surface area contributed by atoms with Crippen LogP contribution in [0.25, 0.3) is 0 Å². The molecular weight excluding hydrogens is 232 g/mol. The van der Waals surface area contributed by atoms with Gasteiger partial charge in [-0.3, -0.25) is 0 Å². The maximum absolute atomic E-state index is 13.4. The number of rotatable bonds is 4. The summed E-state index contributed by atoms with van der Waals surface area (Å²) in [5.74, 6) is 0.780. The molecule has 1 aliphatic rings. The number of hydrogen-bond donors (Lipinski definition) is 1. The second-order valence-electron chi connectivity index (χ2n) is 5.50. The Balaban J connectivity index is 1.79. The van der Waals surface area contributed by atoms with Crippen LogP contribution in [0.5, 0.6) is 0 Å². The van der Waals surface area contributed by atoms with E-state index in [0.717, 1.165) is 18.5 Å². The smallest absolute Gasteiger partial charge is 0.127 e. The normalized spacial score (nSPS) is 24.2. The minimum Gasteiger partial charge on any atom is -0.312 e. The molecule has 1 N–H and O–H groups in total. The van der Waals surface area contributed by atoms with Crippen molar-refractivity contribution in [1.29, 1.82) is 0 Å². The maximum Gasteiger partial charge on any atom is 0.127 e. The van der Waals surface area contributed by atoms with Crippen molar-refractivity contribution in [3.8, 4) is 0 Å². The summed E-state index contributed by atoms with van der Waals surface area (Å²) < 4.78 is 26.4. The molecule has 0 amide bonds. The third kappa shape index (κ3) is 3.77. The molecular formula is C15H21F2N. The van der Waals surface area contributed by atoms with Crippen molar-refractivity contribution in [2.24, 2.45) is 11.8 Å². The predicted octanol–water partition coefficient (Wildman–Crippen LogP) is 3.88. The molecule has 1 fully saturated rings. The number of benzene rings is 1. The van der Waals surface area contributed by atoms with Gasteiger partial charge in [-0.05, 0) is 49.4 Å². The van der Waals surface area contributed by atoms with Crippen molar-refractivity contribution < 1.29 is 8.78 Å². The summed E-state index contributed by atoms with van der Waals surface area (Å²) >= 11 is 0. The van der Waals surface area contributed by atoms with Gasteiger partial charge in [0.1, 0.15) is 11.6 Å². The summed E-state index contributed by atoms with van der Waals surface area (Å²) in [5.41, 5.74) is 0.416. The van der Waals surface area contributed by atoms with Crippen molar-refractivity contribution in [1.82, 2.24) is 5.32 Å². The average Bonchev–Trinajstić information content (AvgIpc) is 2.34. The molecule has 0 saturated heterocycles. The Kier molecular flexibility index (Phi) is 4.70. The van der Waals surface area contributed by atoms with E-state index in [1.165, 1.54) is 37.8 Å². The zero-order valence-electron chi connectivity index (χ0n) is 10.9. The van der Waals surface area contributed by atoms with Crippen molar-refractivity contribution in [3.05, 3.63) is 35.4 Å². The molecule has 1 aromatic rings. The Morgan fingerprint density at radius 2 is 2.11 bits per heavy atom. The lowest BCUT2D eigenvalue weighted by Gasteiger charge is -2.26. The molecule has 18 heavy (non-hydrogen) atoms. The molecule has 1 saturated carbocycles. The van der Waals surface area contributed by atoms with Crippen LogP contribution in [-0.4, -0.2) is 6.54 Å². The lowest BCUT2D eigenvalue weighted by Crippen LogP contribution is -2.26. The monoisotopic (exact) mass is 253 g/mol. The molecule has 2 rings (SSSR count). The van der Waals surface area contributed by atoms with Gasteiger partial charge < -0.3 is 5.32 Å². The molecule has 1 aliphatic carbocycles. The van der Waals surface area contributed by atoms with Gasteiger partial charge in [0, 0.05) is 12.1 Å². The summed E-state index contributed by atoms with van der Waals surface area (Å²) in [7, 11) is 0. The minimum atomic E-state index is -0.375. The number of nitrogens with one attached hydrogen (secondary N) is 1. The van der Waals surface area contributed by atoms with Crippen LogP contribution in [0.2, 0.25) is 0 Å². The molecule has 1 aromatic carbocycles. The van der Waals surface area contributed by atoms with E-state index in [1.54, 1.807) is 0 Å². The van der Waals surface area contributed by atoms with Gasteiger partial charge in [0.05, 0.1) is 0 Å². The highest BCUT2D eigenvalue weighted by Gasteiger charge is 2.18. The van der Waals surface area contributed by atoms with E-state index in [2.05, 4.69) is 12.2 Å². The van der Waals surface area contributed by atoms with Crippen LogP contribution in [0, 0.1) is 23.5 Å². The molecule has 1 nitrogen and oxygen atoms in total. The highest BCUT2D eigenvalue weighted by molar-refractivity contribution is 5.18. The second kappa shape index (κ2) is 6.28. The molecule has 2 unspecified atom stereocenters. The van der Waals surface area contributed by atoms with Gasteiger partial charge in [-0.15, -0.1) is 0 Å². The Labute approximate surface area is 108 Å². The van der Waals surface area contributed by atoms with E-state index in [9.17, 15) is 8.78 Å². The molecule has 0 radical (unpaired) electrons. The van der Waals surface area contributed by atoms with Crippen LogP contribution in [0.15, 0.2) is 18.2 Å². The summed E-state index contributed by atoms with van der Waals surface area (Å²) in [6.45, 7) is 3.60. The van der Waals surface area contributed by atoms with Gasteiger partial charge in [-0.25, -0.2) is 8.78 Å². The fourth-order valence-electron chi connectivity index (χ4n) is 2.83. The van der Waals surface area contributed by atoms with Crippen LogP contribution in [0.3, 0.4) is 0 Å². The second-order valence-corrected chi connectivity index (χ2v) is 5.50. The SMILES string of the molecule is CC1CCCC(CNCc2cc(F)ccc2F)C1. The molecule has 3 heteroatoms. The van der Waals surface area contributed by atoms with Crippen LogP contribution in [0.4, 0.5) is 8.78 Å². The van der Waals surface area contributed by atoms with Crippen LogP contribution in [0.1, 0.15) is 38.2 Å². The zero-order chi connectivity index (χ0) is 13.0. The van der Waals surface area contributed by atoms with Gasteiger partial charge in [-0.1, -0.05) is 19.8 Å². The summed E-state index contributed by atoms with van der Waals surface area (Å²) in [6, 6.07) is 3.61. The first-order chi connectivity index (χ1) is 8.65. The molecule has 2 atom stereocenters. The van der Waals surface area contributed by atoms with Crippen molar-refractivity contribution in [2.75, 3.05) is 6.54 Å². The van der Waals surface area contributed by atoms with E-state index in [-0.39, 0.29) is 11.6 Å². The first-order valence-corrected chi connectivity index (χ1v) is 6.80. The lowest BCUT2D eigenvalue weighted by atomic mass is 9.82. The van der Waals surface area contributed by atoms with Gasteiger partial charge in [0.25, 0.3) is 0 Å². The Morgan fingerprint density at radius 1 is 1.28 bits per heavy atom. The fraction of sp³-hybridized carbons (Fsp3) is 0.600. The largest absolute Gasteiger partial charge is 0.312 e. The quantitative estimate of drug-likeness (QED) is 0.858. The fourth-order valence-corrected chi connectivity index (χ4v) is 2.83. The number of hydrogen-bond acceptors (Lipinski definition) is 1. The highest BCUT2D eigenvalue weighted by atomic mass is 19.1. The van der Waals surface area contributed by atoms with E-state index < -0.39 is 0 Å². The molecule has 0 bridgehead atoms. The van der Waals surface area contributed by atoms with Crippen molar-refractivity contribution in [3.63, 3.8) is 0 Å². The maximum atomic E-state index is 13.4. The van der Waals surface area contributed by atoms with Gasteiger partial charge in [0.15, 0.2) is 0 Å². The van der Waals surface area contributed by atoms with E-state index in [0.29, 0.717) is 18.0 Å². The molecule has 100 valence electrons. The average molecular weight is 253 g/mol. The Hall–Kier alpha value is -0.960. The summed E-state index contributed by atoms with van der Waals surface area (Å²) in [6.07, 6.45) is 5.12. The van der Waals surface area contributed by atoms with Gasteiger partial charge in [-0.2, -0.15) is 0 Å². The van der Waals surface area contributed by atoms with Crippen molar-refractivity contribution >= 4 is 0 Å². The zero-order valence-corrected chi connectivity index (χ0v) is 10.9. The van der Waals surface area contributed by atoms with E-state index >= 15 is 0 Å². The van der Waals surface area contributed by atoms with Crippen molar-refractivity contribution in [2.45, 2.75) is 39.2 Å². The Bertz CT molecular complexity index is 392. The third-order valence-electron chi connectivity index (χ3n) is 3.80. The standard InChI is InChI=1S/C15H21F2N/c1-11-3-2-4-12(7-11)9-18-10-13-8-14(16)5-6-15(13)17/h5-6,8,11-12,18H,2-4,7,9-10H2,1H3. The highest BCUT2D eigenvalue weighted by Crippen LogP contribution is 2.27. The topological polar surface area (TPSA) is 12.0 Å². The Morgan fingerprint density at radius 3 is 2.89 bits per heavy atom. The first-order valence-electron chi connectivity index (χ1n) is 6.80. The first kappa shape index (κ1) is 13.5. The van der Waals surface area contributed by atoms with Crippen LogP contribution >= 0.6 is 0 Å². The predicted molar refractivity (Wildman–Crippen MR) is 69.2 cm³/mol. The molecule has 0 aromatic heterocycles. The third-order valence-corrected chi connectivity index (χ3v) is 3.80. The minimum absolute atomic E-state index is 0.332. The lowest BCUT2D eigenvalue weighted by molar-refractivity contribution is 0.274. The van der Waals surface area contributed by atoms with E-state index in [1.807, 2.05) is 0 Å². The molecule has 0 spiro atoms. The van der Waals surface area contributed by atoms with E-state index in [4.69, 9.17) is 0 Å². The molecule has 0 heterocycles. The van der Waals surface area contributed by atoms with Crippen LogP contribution < -0.4 is 5.32 Å². The summed E-state index contributed by atoms with van der Waals surface area (Å²) in [5, 5.41) is 3.25. The number of halogens is 2. The van der Waals surface area contributed by atoms with Crippen LogP contribution in [-0.2, 0) is 6.54 Å². The van der Waals surface area contributed by atoms with Gasteiger partial charge in [0.2, 0.25) is 0 Å². The van der Waals surface area contributed by atoms with Gasteiger partial charge >= 0.3 is 0 Å². The molecule has 0 aliphatic heterocycles.